The molecule has 4 aliphatic rings. The second kappa shape index (κ2) is 6.77. The zero-order valence-electron chi connectivity index (χ0n) is 17.3. The first-order valence-electron chi connectivity index (χ1n) is 10.9. The topological polar surface area (TPSA) is 86.7 Å². The molecule has 1 atom stereocenters. The van der Waals surface area contributed by atoms with Crippen molar-refractivity contribution in [1.82, 2.24) is 25.0 Å². The normalized spacial score (nSPS) is 24.7. The van der Waals surface area contributed by atoms with Gasteiger partial charge in [0, 0.05) is 63.1 Å². The minimum atomic E-state index is -0.578. The number of carbonyl (C=O) groups is 3. The van der Waals surface area contributed by atoms with E-state index in [9.17, 15) is 14.4 Å². The zero-order chi connectivity index (χ0) is 21.2. The number of imide groups is 1. The molecule has 2 aromatic rings. The van der Waals surface area contributed by atoms with Crippen LogP contribution in [-0.4, -0.2) is 57.8 Å². The Kier molecular flexibility index (Phi) is 4.10. The average molecular weight is 419 g/mol. The van der Waals surface area contributed by atoms with Crippen molar-refractivity contribution >= 4 is 17.7 Å². The monoisotopic (exact) mass is 419 g/mol. The molecular weight excluding hydrogens is 394 g/mol. The largest absolute Gasteiger partial charge is 0.348 e. The van der Waals surface area contributed by atoms with Crippen molar-refractivity contribution in [2.24, 2.45) is 0 Å². The Morgan fingerprint density at radius 1 is 1.06 bits per heavy atom. The van der Waals surface area contributed by atoms with Gasteiger partial charge in [-0.25, -0.2) is 0 Å². The third-order valence-corrected chi connectivity index (χ3v) is 7.40. The lowest BCUT2D eigenvalue weighted by molar-refractivity contribution is -0.136. The summed E-state index contributed by atoms with van der Waals surface area (Å²) < 4.78 is 2.35. The van der Waals surface area contributed by atoms with Gasteiger partial charge in [-0.2, -0.15) is 0 Å². The van der Waals surface area contributed by atoms with Crippen LogP contribution in [-0.2, 0) is 34.8 Å². The van der Waals surface area contributed by atoms with E-state index in [1.807, 2.05) is 12.1 Å². The van der Waals surface area contributed by atoms with Crippen LogP contribution in [0.1, 0.15) is 40.0 Å². The molecule has 0 bridgehead atoms. The summed E-state index contributed by atoms with van der Waals surface area (Å²) in [5, 5.41) is 5.82. The summed E-state index contributed by atoms with van der Waals surface area (Å²) in [5.74, 6) is -0.741. The SMILES string of the molecule is O=C1CCC(N2Cc3c(CN4CCn5cccc5C45CNC5)cccc3C2=O)C(=O)N1. The van der Waals surface area contributed by atoms with Crippen molar-refractivity contribution in [1.29, 1.82) is 0 Å². The van der Waals surface area contributed by atoms with Crippen molar-refractivity contribution in [2.45, 2.75) is 44.1 Å². The fraction of sp³-hybridized carbons (Fsp3) is 0.435. The highest BCUT2D eigenvalue weighted by atomic mass is 16.2. The van der Waals surface area contributed by atoms with Crippen LogP contribution in [0.5, 0.6) is 0 Å². The summed E-state index contributed by atoms with van der Waals surface area (Å²) in [5.41, 5.74) is 4.19. The molecule has 31 heavy (non-hydrogen) atoms. The van der Waals surface area contributed by atoms with Gasteiger partial charge in [-0.05, 0) is 35.7 Å². The molecule has 1 spiro atoms. The molecular formula is C23H25N5O3. The van der Waals surface area contributed by atoms with Crippen LogP contribution in [0.4, 0.5) is 0 Å². The predicted octanol–water partition coefficient (Wildman–Crippen LogP) is 0.563. The quantitative estimate of drug-likeness (QED) is 0.711. The molecule has 2 N–H and O–H groups in total. The van der Waals surface area contributed by atoms with Crippen molar-refractivity contribution in [3.63, 3.8) is 0 Å². The second-order valence-electron chi connectivity index (χ2n) is 8.99. The van der Waals surface area contributed by atoms with Crippen LogP contribution in [0.25, 0.3) is 0 Å². The summed E-state index contributed by atoms with van der Waals surface area (Å²) in [4.78, 5) is 41.2. The van der Waals surface area contributed by atoms with Gasteiger partial charge in [0.25, 0.3) is 5.91 Å². The van der Waals surface area contributed by atoms with Gasteiger partial charge in [0.05, 0.1) is 5.54 Å². The molecule has 2 fully saturated rings. The number of piperidine rings is 1. The van der Waals surface area contributed by atoms with E-state index in [2.05, 4.69) is 44.5 Å². The van der Waals surface area contributed by atoms with Gasteiger partial charge in [-0.3, -0.25) is 24.6 Å². The highest BCUT2D eigenvalue weighted by Gasteiger charge is 2.48. The number of aromatic nitrogens is 1. The Morgan fingerprint density at radius 2 is 1.94 bits per heavy atom. The Hall–Kier alpha value is -2.97. The van der Waals surface area contributed by atoms with E-state index in [4.69, 9.17) is 0 Å². The lowest BCUT2D eigenvalue weighted by Crippen LogP contribution is -2.68. The molecule has 1 unspecified atom stereocenters. The maximum Gasteiger partial charge on any atom is 0.255 e. The number of rotatable bonds is 3. The van der Waals surface area contributed by atoms with Gasteiger partial charge >= 0.3 is 0 Å². The maximum atomic E-state index is 13.1. The summed E-state index contributed by atoms with van der Waals surface area (Å²) in [6.45, 7) is 4.96. The number of fused-ring (bicyclic) bond motifs is 3. The highest BCUT2D eigenvalue weighted by Crippen LogP contribution is 2.38. The molecule has 4 aliphatic heterocycles. The lowest BCUT2D eigenvalue weighted by atomic mass is 9.84. The van der Waals surface area contributed by atoms with Gasteiger partial charge in [0.15, 0.2) is 0 Å². The minimum absolute atomic E-state index is 0.00358. The Balaban J connectivity index is 1.29. The van der Waals surface area contributed by atoms with Crippen molar-refractivity contribution in [3.8, 4) is 0 Å². The summed E-state index contributed by atoms with van der Waals surface area (Å²) in [7, 11) is 0. The Labute approximate surface area is 180 Å². The van der Waals surface area contributed by atoms with Gasteiger partial charge in [-0.1, -0.05) is 12.1 Å². The van der Waals surface area contributed by atoms with E-state index >= 15 is 0 Å². The second-order valence-corrected chi connectivity index (χ2v) is 8.99. The van der Waals surface area contributed by atoms with Crippen LogP contribution in [0.15, 0.2) is 36.5 Å². The number of benzene rings is 1. The number of hydrogen-bond donors (Lipinski definition) is 2. The third-order valence-electron chi connectivity index (χ3n) is 7.40. The molecule has 0 aliphatic carbocycles. The first-order valence-corrected chi connectivity index (χ1v) is 10.9. The summed E-state index contributed by atoms with van der Waals surface area (Å²) in [6, 6.07) is 9.67. The van der Waals surface area contributed by atoms with E-state index in [0.717, 1.165) is 43.9 Å². The molecule has 5 heterocycles. The van der Waals surface area contributed by atoms with E-state index in [1.54, 1.807) is 4.90 Å². The smallest absolute Gasteiger partial charge is 0.255 e. The van der Waals surface area contributed by atoms with Crippen LogP contribution in [0.2, 0.25) is 0 Å². The molecule has 1 aromatic carbocycles. The number of carbonyl (C=O) groups excluding carboxylic acids is 3. The minimum Gasteiger partial charge on any atom is -0.348 e. The average Bonchev–Trinajstić information content (AvgIpc) is 3.32. The molecule has 6 rings (SSSR count). The molecule has 8 nitrogen and oxygen atoms in total. The lowest BCUT2D eigenvalue weighted by Gasteiger charge is -2.54. The van der Waals surface area contributed by atoms with E-state index < -0.39 is 6.04 Å². The predicted molar refractivity (Wildman–Crippen MR) is 112 cm³/mol. The number of nitrogens with zero attached hydrogens (tertiary/aromatic N) is 3. The number of nitrogens with one attached hydrogen (secondary N) is 2. The van der Waals surface area contributed by atoms with E-state index in [1.165, 1.54) is 5.69 Å². The summed E-state index contributed by atoms with van der Waals surface area (Å²) in [6.07, 6.45) is 2.81. The molecule has 2 saturated heterocycles. The Morgan fingerprint density at radius 3 is 2.71 bits per heavy atom. The van der Waals surface area contributed by atoms with Gasteiger partial charge in [0.2, 0.25) is 11.8 Å². The van der Waals surface area contributed by atoms with Gasteiger partial charge < -0.3 is 14.8 Å². The molecule has 8 heteroatoms. The standard InChI is InChI=1S/C23H25N5O3/c29-20-7-6-18(21(30)25-20)28-12-17-15(3-1-4-16(17)22(28)31)11-27-10-9-26-8-2-5-19(26)23(27)13-24-14-23/h1-5,8,18,24H,6-7,9-14H2,(H,25,29,30). The maximum absolute atomic E-state index is 13.1. The Bertz CT molecular complexity index is 1100. The van der Waals surface area contributed by atoms with Crippen LogP contribution in [0.3, 0.4) is 0 Å². The number of hydrogen-bond acceptors (Lipinski definition) is 5. The number of amides is 3. The molecule has 0 saturated carbocycles. The molecule has 3 amide bonds. The van der Waals surface area contributed by atoms with Crippen molar-refractivity contribution < 1.29 is 14.4 Å². The fourth-order valence-corrected chi connectivity index (χ4v) is 5.64. The highest BCUT2D eigenvalue weighted by molar-refractivity contribution is 6.05. The first kappa shape index (κ1) is 18.8. The summed E-state index contributed by atoms with van der Waals surface area (Å²) >= 11 is 0. The van der Waals surface area contributed by atoms with Crippen molar-refractivity contribution in [2.75, 3.05) is 19.6 Å². The zero-order valence-corrected chi connectivity index (χ0v) is 17.3. The van der Waals surface area contributed by atoms with Gasteiger partial charge in [-0.15, -0.1) is 0 Å². The van der Waals surface area contributed by atoms with Crippen LogP contribution < -0.4 is 10.6 Å². The molecule has 0 radical (unpaired) electrons. The fourth-order valence-electron chi connectivity index (χ4n) is 5.64. The van der Waals surface area contributed by atoms with E-state index in [0.29, 0.717) is 18.5 Å². The van der Waals surface area contributed by atoms with Crippen molar-refractivity contribution in [3.05, 3.63) is 58.9 Å². The van der Waals surface area contributed by atoms with Crippen LogP contribution >= 0.6 is 0 Å². The van der Waals surface area contributed by atoms with Gasteiger partial charge in [0.1, 0.15) is 6.04 Å². The van der Waals surface area contributed by atoms with E-state index in [-0.39, 0.29) is 29.7 Å². The third kappa shape index (κ3) is 2.71. The molecule has 1 aromatic heterocycles. The van der Waals surface area contributed by atoms with Crippen LogP contribution in [0, 0.1) is 0 Å². The first-order chi connectivity index (χ1) is 15.1. The molecule has 160 valence electrons.